The van der Waals surface area contributed by atoms with Crippen LogP contribution in [-0.2, 0) is 0 Å². The van der Waals surface area contributed by atoms with Gasteiger partial charge in [-0.15, -0.1) is 12.4 Å². The summed E-state index contributed by atoms with van der Waals surface area (Å²) in [6.07, 6.45) is -3.05. The van der Waals surface area contributed by atoms with Crippen LogP contribution in [0, 0.1) is 5.82 Å². The largest absolute Gasteiger partial charge is 0.505 e. The molecule has 15 heavy (non-hydrogen) atoms. The maximum atomic E-state index is 12.8. The van der Waals surface area contributed by atoms with Gasteiger partial charge in [-0.2, -0.15) is 0 Å². The van der Waals surface area contributed by atoms with Gasteiger partial charge in [0, 0.05) is 12.5 Å². The van der Waals surface area contributed by atoms with Gasteiger partial charge in [0.25, 0.3) is 0 Å². The first kappa shape index (κ1) is 14.1. The number of halogens is 4. The molecule has 0 radical (unpaired) electrons. The van der Waals surface area contributed by atoms with Gasteiger partial charge in [-0.1, -0.05) is 6.07 Å². The molecule has 86 valence electrons. The highest BCUT2D eigenvalue weighted by Gasteiger charge is 2.14. The van der Waals surface area contributed by atoms with E-state index in [9.17, 15) is 13.2 Å². The number of hydrogen-bond donors (Lipinski definition) is 2. The van der Waals surface area contributed by atoms with E-state index in [4.69, 9.17) is 10.8 Å². The van der Waals surface area contributed by atoms with E-state index in [1.165, 1.54) is 6.07 Å². The van der Waals surface area contributed by atoms with Crippen molar-refractivity contribution >= 4 is 12.4 Å². The van der Waals surface area contributed by atoms with Crippen LogP contribution in [0.15, 0.2) is 18.2 Å². The van der Waals surface area contributed by atoms with Crippen molar-refractivity contribution in [1.29, 1.82) is 0 Å². The molecule has 6 heteroatoms. The molecule has 0 bridgehead atoms. The van der Waals surface area contributed by atoms with Gasteiger partial charge in [0.2, 0.25) is 6.43 Å². The monoisotopic (exact) mass is 241 g/mol. The van der Waals surface area contributed by atoms with E-state index >= 15 is 0 Å². The number of phenolic OH excluding ortho intramolecular Hbond substituents is 1. The molecular formula is C9H11ClF3NO. The standard InChI is InChI=1S/C9H10F3NO.ClH/c10-6-3-5(1-2-8(6)14)7(13)4-9(11)12;/h1-3,7,9,14H,4,13H2;1H/t7-;/m0./s1. The van der Waals surface area contributed by atoms with Gasteiger partial charge >= 0.3 is 0 Å². The van der Waals surface area contributed by atoms with Crippen LogP contribution in [0.4, 0.5) is 13.2 Å². The fourth-order valence-corrected chi connectivity index (χ4v) is 1.08. The van der Waals surface area contributed by atoms with Crippen LogP contribution in [0.5, 0.6) is 5.75 Å². The smallest absolute Gasteiger partial charge is 0.240 e. The van der Waals surface area contributed by atoms with Crippen molar-refractivity contribution in [3.05, 3.63) is 29.6 Å². The molecule has 1 atom stereocenters. The van der Waals surface area contributed by atoms with Crippen molar-refractivity contribution in [2.24, 2.45) is 5.73 Å². The van der Waals surface area contributed by atoms with E-state index in [1.807, 2.05) is 0 Å². The van der Waals surface area contributed by atoms with E-state index in [0.29, 0.717) is 0 Å². The first-order valence-corrected chi connectivity index (χ1v) is 4.03. The molecule has 0 aliphatic rings. The number of benzene rings is 1. The lowest BCUT2D eigenvalue weighted by Gasteiger charge is -2.11. The Morgan fingerprint density at radius 3 is 2.40 bits per heavy atom. The van der Waals surface area contributed by atoms with E-state index < -0.39 is 30.5 Å². The van der Waals surface area contributed by atoms with E-state index in [2.05, 4.69) is 0 Å². The third kappa shape index (κ3) is 3.97. The number of alkyl halides is 2. The Morgan fingerprint density at radius 1 is 1.33 bits per heavy atom. The Labute approximate surface area is 91.3 Å². The third-order valence-electron chi connectivity index (χ3n) is 1.83. The number of aromatic hydroxyl groups is 1. The number of rotatable bonds is 3. The summed E-state index contributed by atoms with van der Waals surface area (Å²) in [5, 5.41) is 8.84. The zero-order chi connectivity index (χ0) is 10.7. The highest BCUT2D eigenvalue weighted by Crippen LogP contribution is 2.23. The Morgan fingerprint density at radius 2 is 1.93 bits per heavy atom. The van der Waals surface area contributed by atoms with E-state index in [1.54, 1.807) is 0 Å². The topological polar surface area (TPSA) is 46.2 Å². The molecule has 0 saturated carbocycles. The summed E-state index contributed by atoms with van der Waals surface area (Å²) in [7, 11) is 0. The van der Waals surface area contributed by atoms with E-state index in [-0.39, 0.29) is 18.0 Å². The lowest BCUT2D eigenvalue weighted by molar-refractivity contribution is 0.128. The van der Waals surface area contributed by atoms with Crippen LogP contribution < -0.4 is 5.73 Å². The van der Waals surface area contributed by atoms with Crippen LogP contribution >= 0.6 is 12.4 Å². The number of nitrogens with two attached hydrogens (primary N) is 1. The van der Waals surface area contributed by atoms with Gasteiger partial charge in [0.05, 0.1) is 0 Å². The van der Waals surface area contributed by atoms with Crippen LogP contribution in [0.1, 0.15) is 18.0 Å². The molecular weight excluding hydrogens is 231 g/mol. The summed E-state index contributed by atoms with van der Waals surface area (Å²) >= 11 is 0. The van der Waals surface area contributed by atoms with Crippen molar-refractivity contribution < 1.29 is 18.3 Å². The Bertz CT molecular complexity index is 322. The summed E-state index contributed by atoms with van der Waals surface area (Å²) in [5.74, 6) is -1.37. The summed E-state index contributed by atoms with van der Waals surface area (Å²) in [5.41, 5.74) is 5.64. The predicted molar refractivity (Wildman–Crippen MR) is 52.9 cm³/mol. The molecule has 3 N–H and O–H groups in total. The second-order valence-corrected chi connectivity index (χ2v) is 2.94. The molecule has 0 unspecified atom stereocenters. The second-order valence-electron chi connectivity index (χ2n) is 2.94. The zero-order valence-electron chi connectivity index (χ0n) is 7.66. The van der Waals surface area contributed by atoms with Crippen molar-refractivity contribution in [2.75, 3.05) is 0 Å². The molecule has 0 aromatic heterocycles. The zero-order valence-corrected chi connectivity index (χ0v) is 8.48. The van der Waals surface area contributed by atoms with Crippen LogP contribution in [0.2, 0.25) is 0 Å². The minimum Gasteiger partial charge on any atom is -0.505 e. The molecule has 1 aromatic rings. The minimum atomic E-state index is -2.53. The van der Waals surface area contributed by atoms with Crippen LogP contribution in [0.25, 0.3) is 0 Å². The average molecular weight is 242 g/mol. The van der Waals surface area contributed by atoms with Crippen LogP contribution in [-0.4, -0.2) is 11.5 Å². The molecule has 0 amide bonds. The number of phenols is 1. The van der Waals surface area contributed by atoms with Crippen molar-refractivity contribution in [2.45, 2.75) is 18.9 Å². The summed E-state index contributed by atoms with van der Waals surface area (Å²) in [6.45, 7) is 0. The molecule has 1 rings (SSSR count). The van der Waals surface area contributed by atoms with Crippen LogP contribution in [0.3, 0.4) is 0 Å². The Balaban J connectivity index is 0.00000196. The number of hydrogen-bond acceptors (Lipinski definition) is 2. The maximum absolute atomic E-state index is 12.8. The van der Waals surface area contributed by atoms with Crippen molar-refractivity contribution in [3.63, 3.8) is 0 Å². The fourth-order valence-electron chi connectivity index (χ4n) is 1.08. The van der Waals surface area contributed by atoms with Gasteiger partial charge in [0.1, 0.15) is 0 Å². The second kappa shape index (κ2) is 5.82. The predicted octanol–water partition coefficient (Wildman–Crippen LogP) is 2.61. The summed E-state index contributed by atoms with van der Waals surface area (Å²) in [6, 6.07) is 2.47. The first-order chi connectivity index (χ1) is 6.50. The lowest BCUT2D eigenvalue weighted by Crippen LogP contribution is -2.14. The Hall–Kier alpha value is -0.940. The van der Waals surface area contributed by atoms with Gasteiger partial charge in [0.15, 0.2) is 11.6 Å². The first-order valence-electron chi connectivity index (χ1n) is 4.03. The molecule has 2 nitrogen and oxygen atoms in total. The Kier molecular flexibility index (Phi) is 5.46. The summed E-state index contributed by atoms with van der Waals surface area (Å²) in [4.78, 5) is 0. The SMILES string of the molecule is Cl.N[C@@H](CC(F)F)c1ccc(O)c(F)c1. The quantitative estimate of drug-likeness (QED) is 0.855. The van der Waals surface area contributed by atoms with Gasteiger partial charge in [-0.25, -0.2) is 13.2 Å². The molecule has 0 aliphatic carbocycles. The van der Waals surface area contributed by atoms with E-state index in [0.717, 1.165) is 12.1 Å². The third-order valence-corrected chi connectivity index (χ3v) is 1.83. The van der Waals surface area contributed by atoms with Crippen molar-refractivity contribution in [1.82, 2.24) is 0 Å². The molecule has 0 heterocycles. The molecule has 0 aliphatic heterocycles. The lowest BCUT2D eigenvalue weighted by atomic mass is 10.0. The van der Waals surface area contributed by atoms with Gasteiger partial charge < -0.3 is 10.8 Å². The maximum Gasteiger partial charge on any atom is 0.240 e. The molecule has 1 aromatic carbocycles. The van der Waals surface area contributed by atoms with Gasteiger partial charge in [-0.3, -0.25) is 0 Å². The molecule has 0 saturated heterocycles. The molecule has 0 spiro atoms. The highest BCUT2D eigenvalue weighted by molar-refractivity contribution is 5.85. The molecule has 0 fully saturated rings. The highest BCUT2D eigenvalue weighted by atomic mass is 35.5. The van der Waals surface area contributed by atoms with Crippen molar-refractivity contribution in [3.8, 4) is 5.75 Å². The summed E-state index contributed by atoms with van der Waals surface area (Å²) < 4.78 is 36.6. The fraction of sp³-hybridized carbons (Fsp3) is 0.333. The van der Waals surface area contributed by atoms with Gasteiger partial charge in [-0.05, 0) is 17.7 Å². The minimum absolute atomic E-state index is 0. The normalized spacial score (nSPS) is 12.3. The average Bonchev–Trinajstić information content (AvgIpc) is 2.08.